The fourth-order valence-corrected chi connectivity index (χ4v) is 2.26. The zero-order valence-corrected chi connectivity index (χ0v) is 15.5. The van der Waals surface area contributed by atoms with E-state index in [0.717, 1.165) is 11.6 Å². The van der Waals surface area contributed by atoms with Crippen molar-refractivity contribution < 1.29 is 18.7 Å². The summed E-state index contributed by atoms with van der Waals surface area (Å²) in [6.45, 7) is 5.51. The Morgan fingerprint density at radius 2 is 2.11 bits per heavy atom. The van der Waals surface area contributed by atoms with Crippen LogP contribution in [0.25, 0.3) is 0 Å². The van der Waals surface area contributed by atoms with Crippen molar-refractivity contribution >= 4 is 23.4 Å². The molecule has 0 fully saturated rings. The fourth-order valence-electron chi connectivity index (χ4n) is 2.15. The number of carbonyl (C=O) groups excluding carboxylic acids is 2. The molecule has 0 unspecified atom stereocenters. The number of hydrogen-bond donors (Lipinski definition) is 2. The molecule has 0 spiro atoms. The van der Waals surface area contributed by atoms with Gasteiger partial charge in [-0.15, -0.1) is 0 Å². The number of aromatic nitrogens is 1. The average molecular weight is 392 g/mol. The van der Waals surface area contributed by atoms with Gasteiger partial charge in [-0.2, -0.15) is 0 Å². The number of benzene rings is 1. The molecule has 1 heterocycles. The van der Waals surface area contributed by atoms with E-state index in [2.05, 4.69) is 22.2 Å². The number of halogens is 2. The lowest BCUT2D eigenvalue weighted by atomic mass is 10.2. The Labute approximate surface area is 161 Å². The van der Waals surface area contributed by atoms with Crippen molar-refractivity contribution in [1.29, 1.82) is 0 Å². The van der Waals surface area contributed by atoms with Gasteiger partial charge in [-0.25, -0.2) is 4.39 Å². The SMILES string of the molecule is C=C(CCNC(=O)c1ncccc1C)NC(=O)COc1ccc(Cl)c(F)c1. The van der Waals surface area contributed by atoms with Gasteiger partial charge in [0, 0.05) is 30.9 Å². The molecular formula is C19H19ClFN3O3. The van der Waals surface area contributed by atoms with E-state index in [-0.39, 0.29) is 29.8 Å². The molecule has 0 radical (unpaired) electrons. The van der Waals surface area contributed by atoms with E-state index in [1.165, 1.54) is 12.1 Å². The van der Waals surface area contributed by atoms with E-state index in [4.69, 9.17) is 16.3 Å². The van der Waals surface area contributed by atoms with Crippen LogP contribution in [0.3, 0.4) is 0 Å². The molecule has 0 saturated heterocycles. The summed E-state index contributed by atoms with van der Waals surface area (Å²) < 4.78 is 18.5. The van der Waals surface area contributed by atoms with E-state index in [0.29, 0.717) is 17.8 Å². The van der Waals surface area contributed by atoms with Gasteiger partial charge >= 0.3 is 0 Å². The van der Waals surface area contributed by atoms with Crippen LogP contribution >= 0.6 is 11.6 Å². The van der Waals surface area contributed by atoms with Crippen molar-refractivity contribution in [1.82, 2.24) is 15.6 Å². The maximum Gasteiger partial charge on any atom is 0.270 e. The summed E-state index contributed by atoms with van der Waals surface area (Å²) in [4.78, 5) is 27.9. The first-order valence-electron chi connectivity index (χ1n) is 8.12. The Morgan fingerprint density at radius 1 is 1.33 bits per heavy atom. The van der Waals surface area contributed by atoms with Crippen molar-refractivity contribution in [3.63, 3.8) is 0 Å². The summed E-state index contributed by atoms with van der Waals surface area (Å²) in [5, 5.41) is 5.25. The van der Waals surface area contributed by atoms with Crippen molar-refractivity contribution in [3.8, 4) is 5.75 Å². The molecule has 142 valence electrons. The number of carbonyl (C=O) groups is 2. The predicted octanol–water partition coefficient (Wildman–Crippen LogP) is 3.01. The number of nitrogens with one attached hydrogen (secondary N) is 2. The zero-order valence-electron chi connectivity index (χ0n) is 14.7. The second kappa shape index (κ2) is 9.68. The third-order valence-electron chi connectivity index (χ3n) is 3.51. The molecule has 2 N–H and O–H groups in total. The molecule has 0 aliphatic carbocycles. The standard InChI is InChI=1S/C19H19ClFN3O3/c1-12-4-3-8-22-18(12)19(26)23-9-7-13(2)24-17(25)11-27-14-5-6-15(20)16(21)10-14/h3-6,8,10H,2,7,9,11H2,1H3,(H,23,26)(H,24,25). The van der Waals surface area contributed by atoms with Crippen LogP contribution < -0.4 is 15.4 Å². The van der Waals surface area contributed by atoms with Crippen LogP contribution in [0.2, 0.25) is 5.02 Å². The topological polar surface area (TPSA) is 80.3 Å². The summed E-state index contributed by atoms with van der Waals surface area (Å²) in [6.07, 6.45) is 1.90. The maximum absolute atomic E-state index is 13.3. The van der Waals surface area contributed by atoms with Gasteiger partial charge in [-0.05, 0) is 30.7 Å². The smallest absolute Gasteiger partial charge is 0.270 e. The molecule has 0 aliphatic rings. The minimum absolute atomic E-state index is 0.0249. The molecule has 6 nitrogen and oxygen atoms in total. The van der Waals surface area contributed by atoms with Gasteiger partial charge < -0.3 is 15.4 Å². The minimum atomic E-state index is -0.627. The van der Waals surface area contributed by atoms with Crippen LogP contribution in [0, 0.1) is 12.7 Å². The first-order valence-corrected chi connectivity index (χ1v) is 8.50. The quantitative estimate of drug-likeness (QED) is 0.724. The lowest BCUT2D eigenvalue weighted by Gasteiger charge is -2.11. The second-order valence-corrected chi connectivity index (χ2v) is 6.10. The highest BCUT2D eigenvalue weighted by Gasteiger charge is 2.10. The predicted molar refractivity (Wildman–Crippen MR) is 100 cm³/mol. The van der Waals surface area contributed by atoms with Crippen molar-refractivity contribution in [2.24, 2.45) is 0 Å². The third kappa shape index (κ3) is 6.38. The summed E-state index contributed by atoms with van der Waals surface area (Å²) in [6, 6.07) is 7.45. The number of nitrogens with zero attached hydrogens (tertiary/aromatic N) is 1. The highest BCUT2D eigenvalue weighted by atomic mass is 35.5. The Morgan fingerprint density at radius 3 is 2.81 bits per heavy atom. The maximum atomic E-state index is 13.3. The molecule has 1 aromatic heterocycles. The number of ether oxygens (including phenoxy) is 1. The van der Waals surface area contributed by atoms with Gasteiger partial charge in [0.15, 0.2) is 6.61 Å². The Hall–Kier alpha value is -2.93. The van der Waals surface area contributed by atoms with Crippen LogP contribution in [-0.2, 0) is 4.79 Å². The molecule has 27 heavy (non-hydrogen) atoms. The fraction of sp³-hybridized carbons (Fsp3) is 0.211. The first kappa shape index (κ1) is 20.4. The van der Waals surface area contributed by atoms with E-state index in [9.17, 15) is 14.0 Å². The van der Waals surface area contributed by atoms with E-state index in [1.807, 2.05) is 0 Å². The van der Waals surface area contributed by atoms with Crippen LogP contribution in [0.15, 0.2) is 48.8 Å². The normalized spacial score (nSPS) is 10.2. The molecule has 0 saturated carbocycles. The second-order valence-electron chi connectivity index (χ2n) is 5.69. The van der Waals surface area contributed by atoms with Crippen LogP contribution in [-0.4, -0.2) is 29.9 Å². The monoisotopic (exact) mass is 391 g/mol. The van der Waals surface area contributed by atoms with Gasteiger partial charge in [-0.1, -0.05) is 24.2 Å². The third-order valence-corrected chi connectivity index (χ3v) is 3.82. The van der Waals surface area contributed by atoms with Gasteiger partial charge in [0.05, 0.1) is 5.02 Å². The number of amides is 2. The highest BCUT2D eigenvalue weighted by Crippen LogP contribution is 2.20. The molecule has 1 aromatic carbocycles. The molecule has 2 amide bonds. The van der Waals surface area contributed by atoms with Gasteiger partial charge in [0.2, 0.25) is 0 Å². The molecule has 0 bridgehead atoms. The Kier molecular flexibility index (Phi) is 7.31. The molecule has 2 rings (SSSR count). The summed E-state index contributed by atoms with van der Waals surface area (Å²) in [5.74, 6) is -1.17. The van der Waals surface area contributed by atoms with Crippen molar-refractivity contribution in [3.05, 3.63) is 70.9 Å². The average Bonchev–Trinajstić information content (AvgIpc) is 2.63. The molecule has 2 aromatic rings. The minimum Gasteiger partial charge on any atom is -0.484 e. The summed E-state index contributed by atoms with van der Waals surface area (Å²) in [5.41, 5.74) is 1.55. The molecule has 0 atom stereocenters. The zero-order chi connectivity index (χ0) is 19.8. The molecule has 8 heteroatoms. The first-order chi connectivity index (χ1) is 12.9. The lowest BCUT2D eigenvalue weighted by Crippen LogP contribution is -2.31. The summed E-state index contributed by atoms with van der Waals surface area (Å²) in [7, 11) is 0. The van der Waals surface area contributed by atoms with E-state index >= 15 is 0 Å². The van der Waals surface area contributed by atoms with Crippen LogP contribution in [0.1, 0.15) is 22.5 Å². The van der Waals surface area contributed by atoms with Gasteiger partial charge in [0.25, 0.3) is 11.8 Å². The number of rotatable bonds is 8. The van der Waals surface area contributed by atoms with Crippen LogP contribution in [0.4, 0.5) is 4.39 Å². The Balaban J connectivity index is 1.70. The number of hydrogen-bond acceptors (Lipinski definition) is 4. The van der Waals surface area contributed by atoms with Crippen molar-refractivity contribution in [2.75, 3.05) is 13.2 Å². The highest BCUT2D eigenvalue weighted by molar-refractivity contribution is 6.30. The lowest BCUT2D eigenvalue weighted by molar-refractivity contribution is -0.122. The molecule has 0 aliphatic heterocycles. The van der Waals surface area contributed by atoms with E-state index < -0.39 is 11.7 Å². The Bertz CT molecular complexity index is 858. The summed E-state index contributed by atoms with van der Waals surface area (Å²) >= 11 is 5.58. The van der Waals surface area contributed by atoms with Gasteiger partial charge in [0.1, 0.15) is 17.3 Å². The largest absolute Gasteiger partial charge is 0.484 e. The number of aryl methyl sites for hydroxylation is 1. The van der Waals surface area contributed by atoms with Gasteiger partial charge in [-0.3, -0.25) is 14.6 Å². The molecular weight excluding hydrogens is 373 g/mol. The van der Waals surface area contributed by atoms with Crippen molar-refractivity contribution in [2.45, 2.75) is 13.3 Å². The van der Waals surface area contributed by atoms with Crippen LogP contribution in [0.5, 0.6) is 5.75 Å². The number of pyridine rings is 1. The van der Waals surface area contributed by atoms with E-state index in [1.54, 1.807) is 25.3 Å².